The predicted octanol–water partition coefficient (Wildman–Crippen LogP) is 1.60. The summed E-state index contributed by atoms with van der Waals surface area (Å²) in [5.41, 5.74) is 5.39. The highest BCUT2D eigenvalue weighted by molar-refractivity contribution is 5.86. The summed E-state index contributed by atoms with van der Waals surface area (Å²) in [5, 5.41) is 2.84. The van der Waals surface area contributed by atoms with E-state index in [9.17, 15) is 4.79 Å². The highest BCUT2D eigenvalue weighted by Gasteiger charge is 2.36. The molecule has 0 radical (unpaired) electrons. The van der Waals surface area contributed by atoms with Gasteiger partial charge >= 0.3 is 0 Å². The Kier molecular flexibility index (Phi) is 5.37. The molecule has 1 aliphatic carbocycles. The molecule has 1 fully saturated rings. The Bertz CT molecular complexity index is 532. The maximum Gasteiger partial charge on any atom is 0.240 e. The standard InChI is InChI=1S/C15H20N2O4.ClH/c16-15(5-1-2-6-15)14(18)17-7-8-19-11-3-4-12-13(9-11)21-10-20-12;/h3-4,9H,1-2,5-8,10,16H2,(H,17,18);1H. The number of ether oxygens (including phenoxy) is 3. The summed E-state index contributed by atoms with van der Waals surface area (Å²) in [7, 11) is 0. The minimum absolute atomic E-state index is 0. The van der Waals surface area contributed by atoms with Crippen LogP contribution >= 0.6 is 12.4 Å². The van der Waals surface area contributed by atoms with Gasteiger partial charge < -0.3 is 25.3 Å². The number of fused-ring (bicyclic) bond motifs is 1. The minimum atomic E-state index is -0.682. The Hall–Kier alpha value is -1.66. The number of nitrogens with two attached hydrogens (primary N) is 1. The number of carbonyl (C=O) groups is 1. The van der Waals surface area contributed by atoms with E-state index in [-0.39, 0.29) is 25.1 Å². The van der Waals surface area contributed by atoms with Crippen LogP contribution in [-0.2, 0) is 4.79 Å². The second-order valence-corrected chi connectivity index (χ2v) is 5.48. The van der Waals surface area contributed by atoms with Crippen LogP contribution in [0.5, 0.6) is 17.2 Å². The van der Waals surface area contributed by atoms with Crippen LogP contribution in [0.15, 0.2) is 18.2 Å². The van der Waals surface area contributed by atoms with Crippen LogP contribution in [0.4, 0.5) is 0 Å². The van der Waals surface area contributed by atoms with Crippen molar-refractivity contribution in [1.82, 2.24) is 5.32 Å². The van der Waals surface area contributed by atoms with Crippen molar-refractivity contribution in [2.45, 2.75) is 31.2 Å². The van der Waals surface area contributed by atoms with Crippen LogP contribution < -0.4 is 25.3 Å². The molecule has 1 aromatic rings. The summed E-state index contributed by atoms with van der Waals surface area (Å²) in [5.74, 6) is 2.02. The smallest absolute Gasteiger partial charge is 0.240 e. The van der Waals surface area contributed by atoms with E-state index in [2.05, 4.69) is 5.32 Å². The third-order valence-corrected chi connectivity index (χ3v) is 3.95. The van der Waals surface area contributed by atoms with Crippen molar-refractivity contribution in [1.29, 1.82) is 0 Å². The van der Waals surface area contributed by atoms with Gasteiger partial charge in [0.25, 0.3) is 0 Å². The van der Waals surface area contributed by atoms with Gasteiger partial charge in [0.05, 0.1) is 12.1 Å². The molecule has 1 aromatic carbocycles. The molecule has 1 saturated carbocycles. The van der Waals surface area contributed by atoms with E-state index in [4.69, 9.17) is 19.9 Å². The number of hydrogen-bond acceptors (Lipinski definition) is 5. The van der Waals surface area contributed by atoms with Gasteiger partial charge in [0.1, 0.15) is 12.4 Å². The summed E-state index contributed by atoms with van der Waals surface area (Å²) in [4.78, 5) is 12.0. The number of nitrogens with one attached hydrogen (secondary N) is 1. The zero-order chi connectivity index (χ0) is 14.7. The average molecular weight is 329 g/mol. The molecule has 0 unspecified atom stereocenters. The fourth-order valence-corrected chi connectivity index (χ4v) is 2.71. The van der Waals surface area contributed by atoms with Gasteiger partial charge in [0.2, 0.25) is 12.7 Å². The van der Waals surface area contributed by atoms with Crippen molar-refractivity contribution in [3.05, 3.63) is 18.2 Å². The molecule has 0 bridgehead atoms. The molecule has 7 heteroatoms. The summed E-state index contributed by atoms with van der Waals surface area (Å²) >= 11 is 0. The molecule has 22 heavy (non-hydrogen) atoms. The van der Waals surface area contributed by atoms with Gasteiger partial charge in [-0.15, -0.1) is 12.4 Å². The van der Waals surface area contributed by atoms with Crippen LogP contribution in [0.1, 0.15) is 25.7 Å². The lowest BCUT2D eigenvalue weighted by Crippen LogP contribution is -2.52. The Labute approximate surface area is 135 Å². The summed E-state index contributed by atoms with van der Waals surface area (Å²) in [6, 6.07) is 5.41. The van der Waals surface area contributed by atoms with E-state index >= 15 is 0 Å². The predicted molar refractivity (Wildman–Crippen MR) is 83.7 cm³/mol. The maximum absolute atomic E-state index is 12.0. The lowest BCUT2D eigenvalue weighted by molar-refractivity contribution is -0.126. The third-order valence-electron chi connectivity index (χ3n) is 3.95. The van der Waals surface area contributed by atoms with Gasteiger partial charge in [-0.2, -0.15) is 0 Å². The van der Waals surface area contributed by atoms with Gasteiger partial charge in [-0.05, 0) is 25.0 Å². The van der Waals surface area contributed by atoms with Crippen molar-refractivity contribution >= 4 is 18.3 Å². The fraction of sp³-hybridized carbons (Fsp3) is 0.533. The van der Waals surface area contributed by atoms with Crippen LogP contribution in [0.3, 0.4) is 0 Å². The summed E-state index contributed by atoms with van der Waals surface area (Å²) in [6.45, 7) is 1.07. The van der Waals surface area contributed by atoms with E-state index in [1.54, 1.807) is 6.07 Å². The first kappa shape index (κ1) is 16.7. The van der Waals surface area contributed by atoms with Crippen molar-refractivity contribution in [2.75, 3.05) is 19.9 Å². The highest BCUT2D eigenvalue weighted by atomic mass is 35.5. The Morgan fingerprint density at radius 1 is 1.27 bits per heavy atom. The number of rotatable bonds is 5. The lowest BCUT2D eigenvalue weighted by atomic mass is 9.98. The largest absolute Gasteiger partial charge is 0.492 e. The van der Waals surface area contributed by atoms with Crippen LogP contribution in [-0.4, -0.2) is 31.4 Å². The van der Waals surface area contributed by atoms with Crippen LogP contribution in [0, 0.1) is 0 Å². The van der Waals surface area contributed by atoms with Gasteiger partial charge in [-0.25, -0.2) is 0 Å². The van der Waals surface area contributed by atoms with Gasteiger partial charge in [-0.1, -0.05) is 12.8 Å². The van der Waals surface area contributed by atoms with E-state index in [0.29, 0.717) is 24.7 Å². The molecule has 0 spiro atoms. The molecule has 2 aliphatic rings. The first-order valence-electron chi connectivity index (χ1n) is 7.27. The molecule has 0 atom stereocenters. The number of amides is 1. The second-order valence-electron chi connectivity index (χ2n) is 5.48. The number of halogens is 1. The number of carbonyl (C=O) groups excluding carboxylic acids is 1. The van der Waals surface area contributed by atoms with Gasteiger partial charge in [0.15, 0.2) is 11.5 Å². The fourth-order valence-electron chi connectivity index (χ4n) is 2.71. The monoisotopic (exact) mass is 328 g/mol. The molecule has 1 aliphatic heterocycles. The van der Waals surface area contributed by atoms with Crippen molar-refractivity contribution in [2.24, 2.45) is 5.73 Å². The number of benzene rings is 1. The first-order valence-corrected chi connectivity index (χ1v) is 7.27. The number of hydrogen-bond donors (Lipinski definition) is 2. The molecular formula is C15H21ClN2O4. The Balaban J connectivity index is 0.00000176. The second kappa shape index (κ2) is 7.07. The summed E-state index contributed by atoms with van der Waals surface area (Å²) in [6.07, 6.45) is 3.58. The SMILES string of the molecule is Cl.NC1(C(=O)NCCOc2ccc3c(c2)OCO3)CCCC1. The molecule has 1 heterocycles. The molecule has 3 rings (SSSR count). The Morgan fingerprint density at radius 2 is 2.00 bits per heavy atom. The molecule has 1 amide bonds. The Morgan fingerprint density at radius 3 is 2.77 bits per heavy atom. The summed E-state index contributed by atoms with van der Waals surface area (Å²) < 4.78 is 16.1. The first-order chi connectivity index (χ1) is 10.2. The van der Waals surface area contributed by atoms with E-state index < -0.39 is 5.54 Å². The van der Waals surface area contributed by atoms with Gasteiger partial charge in [-0.3, -0.25) is 4.79 Å². The highest BCUT2D eigenvalue weighted by Crippen LogP contribution is 2.35. The lowest BCUT2D eigenvalue weighted by Gasteiger charge is -2.22. The molecule has 3 N–H and O–H groups in total. The zero-order valence-corrected chi connectivity index (χ0v) is 13.1. The van der Waals surface area contributed by atoms with Crippen molar-refractivity contribution in [3.8, 4) is 17.2 Å². The zero-order valence-electron chi connectivity index (χ0n) is 12.3. The molecule has 0 aromatic heterocycles. The van der Waals surface area contributed by atoms with E-state index in [1.807, 2.05) is 12.1 Å². The normalized spacial score (nSPS) is 17.7. The average Bonchev–Trinajstić information content (AvgIpc) is 3.12. The van der Waals surface area contributed by atoms with Crippen LogP contribution in [0.2, 0.25) is 0 Å². The van der Waals surface area contributed by atoms with Crippen molar-refractivity contribution in [3.63, 3.8) is 0 Å². The van der Waals surface area contributed by atoms with E-state index in [1.165, 1.54) is 0 Å². The quantitative estimate of drug-likeness (QED) is 0.802. The molecule has 6 nitrogen and oxygen atoms in total. The van der Waals surface area contributed by atoms with Crippen molar-refractivity contribution < 1.29 is 19.0 Å². The van der Waals surface area contributed by atoms with E-state index in [0.717, 1.165) is 31.4 Å². The molecule has 122 valence electrons. The maximum atomic E-state index is 12.0. The van der Waals surface area contributed by atoms with Gasteiger partial charge in [0, 0.05) is 6.07 Å². The molecule has 0 saturated heterocycles. The third kappa shape index (κ3) is 3.56. The topological polar surface area (TPSA) is 82.8 Å². The van der Waals surface area contributed by atoms with Crippen LogP contribution in [0.25, 0.3) is 0 Å². The molecular weight excluding hydrogens is 308 g/mol. The minimum Gasteiger partial charge on any atom is -0.492 e.